The molecule has 1 aliphatic heterocycles. The quantitative estimate of drug-likeness (QED) is 0.929. The van der Waals surface area contributed by atoms with Crippen LogP contribution >= 0.6 is 11.3 Å². The molecule has 128 valence electrons. The third-order valence-corrected chi connectivity index (χ3v) is 5.34. The van der Waals surface area contributed by atoms with Crippen LogP contribution in [0.4, 0.5) is 0 Å². The zero-order valence-electron chi connectivity index (χ0n) is 14.2. The van der Waals surface area contributed by atoms with Gasteiger partial charge in [-0.25, -0.2) is 4.98 Å². The van der Waals surface area contributed by atoms with Crippen molar-refractivity contribution < 1.29 is 9.90 Å². The fourth-order valence-corrected chi connectivity index (χ4v) is 4.11. The Bertz CT molecular complexity index is 696. The summed E-state index contributed by atoms with van der Waals surface area (Å²) >= 11 is 1.57. The molecule has 1 fully saturated rings. The molecular weight excluding hydrogens is 320 g/mol. The summed E-state index contributed by atoms with van der Waals surface area (Å²) < 4.78 is 0. The Morgan fingerprint density at radius 1 is 1.38 bits per heavy atom. The number of aliphatic hydroxyl groups is 1. The lowest BCUT2D eigenvalue weighted by Crippen LogP contribution is -2.38. The number of hydrogen-bond acceptors (Lipinski definition) is 4. The molecule has 5 heteroatoms. The molecule has 4 nitrogen and oxygen atoms in total. The standard InChI is InChI=1S/C19H24N2O2S/c1-19(2)11-16(22)8-9-21(13-19)17(23)10-15-12-24-18(20-15)14-6-4-3-5-7-14/h3-7,12,16,22H,8-11,13H2,1-2H3/t16-/m1/s1. The fourth-order valence-electron chi connectivity index (χ4n) is 3.29. The van der Waals surface area contributed by atoms with Gasteiger partial charge in [-0.05, 0) is 18.3 Å². The van der Waals surface area contributed by atoms with E-state index in [1.54, 1.807) is 11.3 Å². The van der Waals surface area contributed by atoms with Crippen LogP contribution in [0.2, 0.25) is 0 Å². The maximum Gasteiger partial charge on any atom is 0.228 e. The molecule has 1 saturated heterocycles. The number of benzene rings is 1. The molecule has 2 aromatic rings. The molecule has 0 spiro atoms. The molecule has 0 bridgehead atoms. The Hall–Kier alpha value is -1.72. The van der Waals surface area contributed by atoms with Gasteiger partial charge in [0.1, 0.15) is 5.01 Å². The van der Waals surface area contributed by atoms with Gasteiger partial charge in [-0.15, -0.1) is 11.3 Å². The van der Waals surface area contributed by atoms with Crippen molar-refractivity contribution >= 4 is 17.2 Å². The summed E-state index contributed by atoms with van der Waals surface area (Å²) in [6, 6.07) is 10.0. The predicted octanol–water partition coefficient (Wildman–Crippen LogP) is 3.36. The van der Waals surface area contributed by atoms with E-state index in [2.05, 4.69) is 18.8 Å². The first-order chi connectivity index (χ1) is 11.4. The van der Waals surface area contributed by atoms with Gasteiger partial charge in [-0.2, -0.15) is 0 Å². The van der Waals surface area contributed by atoms with E-state index in [0.717, 1.165) is 22.7 Å². The average molecular weight is 344 g/mol. The van der Waals surface area contributed by atoms with Gasteiger partial charge in [0.25, 0.3) is 0 Å². The minimum atomic E-state index is -0.318. The maximum absolute atomic E-state index is 12.7. The lowest BCUT2D eigenvalue weighted by Gasteiger charge is -2.29. The minimum absolute atomic E-state index is 0.0527. The number of carbonyl (C=O) groups excluding carboxylic acids is 1. The van der Waals surface area contributed by atoms with Crippen molar-refractivity contribution in [2.45, 2.75) is 39.2 Å². The van der Waals surface area contributed by atoms with Gasteiger partial charge in [0.15, 0.2) is 0 Å². The first-order valence-electron chi connectivity index (χ1n) is 8.39. The summed E-state index contributed by atoms with van der Waals surface area (Å²) in [5.41, 5.74) is 1.86. The highest BCUT2D eigenvalue weighted by Crippen LogP contribution is 2.29. The summed E-state index contributed by atoms with van der Waals surface area (Å²) in [6.45, 7) is 5.54. The maximum atomic E-state index is 12.7. The first-order valence-corrected chi connectivity index (χ1v) is 9.27. The molecule has 0 radical (unpaired) electrons. The second kappa shape index (κ2) is 7.03. The highest BCUT2D eigenvalue weighted by Gasteiger charge is 2.31. The van der Waals surface area contributed by atoms with Crippen molar-refractivity contribution in [2.24, 2.45) is 5.41 Å². The van der Waals surface area contributed by atoms with Crippen LogP contribution in [-0.2, 0) is 11.2 Å². The number of aromatic nitrogens is 1. The summed E-state index contributed by atoms with van der Waals surface area (Å²) in [5.74, 6) is 0.0992. The van der Waals surface area contributed by atoms with Crippen LogP contribution in [0.1, 0.15) is 32.4 Å². The number of thiazole rings is 1. The van der Waals surface area contributed by atoms with Crippen molar-refractivity contribution in [1.29, 1.82) is 0 Å². The van der Waals surface area contributed by atoms with Gasteiger partial charge in [0.2, 0.25) is 5.91 Å². The van der Waals surface area contributed by atoms with E-state index < -0.39 is 0 Å². The molecule has 1 N–H and O–H groups in total. The molecule has 0 saturated carbocycles. The number of rotatable bonds is 3. The lowest BCUT2D eigenvalue weighted by molar-refractivity contribution is -0.131. The molecule has 3 rings (SSSR count). The number of aliphatic hydroxyl groups excluding tert-OH is 1. The molecule has 24 heavy (non-hydrogen) atoms. The van der Waals surface area contributed by atoms with Gasteiger partial charge in [-0.1, -0.05) is 44.2 Å². The first kappa shape index (κ1) is 17.1. The smallest absolute Gasteiger partial charge is 0.228 e. The van der Waals surface area contributed by atoms with Crippen LogP contribution in [0.25, 0.3) is 10.6 Å². The van der Waals surface area contributed by atoms with Crippen molar-refractivity contribution in [2.75, 3.05) is 13.1 Å². The van der Waals surface area contributed by atoms with E-state index in [0.29, 0.717) is 25.9 Å². The van der Waals surface area contributed by atoms with Crippen molar-refractivity contribution in [1.82, 2.24) is 9.88 Å². The van der Waals surface area contributed by atoms with E-state index in [9.17, 15) is 9.90 Å². The van der Waals surface area contributed by atoms with E-state index in [1.807, 2.05) is 40.6 Å². The van der Waals surface area contributed by atoms with Crippen LogP contribution in [0, 0.1) is 5.41 Å². The SMILES string of the molecule is CC1(C)C[C@H](O)CCN(C(=O)Cc2csc(-c3ccccc3)n2)C1. The number of likely N-dealkylation sites (tertiary alicyclic amines) is 1. The molecule has 1 amide bonds. The summed E-state index contributed by atoms with van der Waals surface area (Å²) in [4.78, 5) is 19.2. The zero-order chi connectivity index (χ0) is 17.2. The zero-order valence-corrected chi connectivity index (χ0v) is 15.1. The minimum Gasteiger partial charge on any atom is -0.393 e. The van der Waals surface area contributed by atoms with Crippen molar-refractivity contribution in [3.63, 3.8) is 0 Å². The van der Waals surface area contributed by atoms with Crippen LogP contribution < -0.4 is 0 Å². The highest BCUT2D eigenvalue weighted by molar-refractivity contribution is 7.13. The van der Waals surface area contributed by atoms with Crippen LogP contribution in [0.3, 0.4) is 0 Å². The van der Waals surface area contributed by atoms with E-state index in [1.165, 1.54) is 0 Å². The summed E-state index contributed by atoms with van der Waals surface area (Å²) in [7, 11) is 0. The topological polar surface area (TPSA) is 53.4 Å². The molecule has 1 aromatic carbocycles. The van der Waals surface area contributed by atoms with E-state index in [4.69, 9.17) is 0 Å². The monoisotopic (exact) mass is 344 g/mol. The van der Waals surface area contributed by atoms with Crippen LogP contribution in [0.5, 0.6) is 0 Å². The van der Waals surface area contributed by atoms with Gasteiger partial charge >= 0.3 is 0 Å². The number of nitrogens with zero attached hydrogens (tertiary/aromatic N) is 2. The number of carbonyl (C=O) groups is 1. The molecule has 1 aliphatic rings. The predicted molar refractivity (Wildman–Crippen MR) is 96.9 cm³/mol. The van der Waals surface area contributed by atoms with Crippen molar-refractivity contribution in [3.05, 3.63) is 41.4 Å². The second-order valence-corrected chi connectivity index (χ2v) is 8.17. The summed E-state index contributed by atoms with van der Waals surface area (Å²) in [6.07, 6.45) is 1.41. The fraction of sp³-hybridized carbons (Fsp3) is 0.474. The Labute approximate surface area is 147 Å². The Balaban J connectivity index is 1.68. The molecule has 1 atom stereocenters. The van der Waals surface area contributed by atoms with Gasteiger partial charge in [0.05, 0.1) is 18.2 Å². The lowest BCUT2D eigenvalue weighted by atomic mass is 9.87. The summed E-state index contributed by atoms with van der Waals surface area (Å²) in [5, 5.41) is 12.9. The molecule has 2 heterocycles. The van der Waals surface area contributed by atoms with E-state index in [-0.39, 0.29) is 17.4 Å². The largest absolute Gasteiger partial charge is 0.393 e. The Morgan fingerprint density at radius 2 is 2.12 bits per heavy atom. The van der Waals surface area contributed by atoms with Gasteiger partial charge < -0.3 is 10.0 Å². The average Bonchev–Trinajstić information content (AvgIpc) is 2.94. The van der Waals surface area contributed by atoms with Crippen LogP contribution in [0.15, 0.2) is 35.7 Å². The number of amides is 1. The van der Waals surface area contributed by atoms with Gasteiger partial charge in [0, 0.05) is 24.0 Å². The number of hydrogen-bond donors (Lipinski definition) is 1. The van der Waals surface area contributed by atoms with Crippen LogP contribution in [-0.4, -0.2) is 40.1 Å². The Kier molecular flexibility index (Phi) is 5.01. The van der Waals surface area contributed by atoms with Gasteiger partial charge in [-0.3, -0.25) is 4.79 Å². The molecule has 0 unspecified atom stereocenters. The van der Waals surface area contributed by atoms with E-state index >= 15 is 0 Å². The van der Waals surface area contributed by atoms with Crippen molar-refractivity contribution in [3.8, 4) is 10.6 Å². The Morgan fingerprint density at radius 3 is 2.88 bits per heavy atom. The molecular formula is C19H24N2O2S. The third-order valence-electron chi connectivity index (χ3n) is 4.40. The third kappa shape index (κ3) is 4.22. The molecule has 0 aliphatic carbocycles. The molecule has 1 aromatic heterocycles. The highest BCUT2D eigenvalue weighted by atomic mass is 32.1. The normalized spacial score (nSPS) is 20.6. The second-order valence-electron chi connectivity index (χ2n) is 7.31.